The van der Waals surface area contributed by atoms with Crippen molar-refractivity contribution in [1.82, 2.24) is 0 Å². The first-order valence-corrected chi connectivity index (χ1v) is 9.83. The number of unbranched alkanes of at least 4 members (excludes halogenated alkanes) is 12. The van der Waals surface area contributed by atoms with Crippen LogP contribution in [0.1, 0.15) is 111 Å². The molecule has 0 spiro atoms. The lowest BCUT2D eigenvalue weighted by molar-refractivity contribution is 0.544. The molecule has 0 aliphatic heterocycles. The van der Waals surface area contributed by atoms with Crippen LogP contribution in [0.3, 0.4) is 0 Å². The lowest BCUT2D eigenvalue weighted by Gasteiger charge is -2.02. The lowest BCUT2D eigenvalue weighted by Crippen LogP contribution is -1.85. The maximum absolute atomic E-state index is 2.47. The Morgan fingerprint density at radius 1 is 0.762 bits per heavy atom. The fraction of sp³-hybridized carbons (Fsp3) is 0.905. The first kappa shape index (κ1) is 18.8. The van der Waals surface area contributed by atoms with Crippen LogP contribution in [0.4, 0.5) is 0 Å². The van der Waals surface area contributed by atoms with Gasteiger partial charge in [-0.3, -0.25) is 0 Å². The van der Waals surface area contributed by atoms with Gasteiger partial charge in [-0.15, -0.1) is 0 Å². The van der Waals surface area contributed by atoms with E-state index >= 15 is 0 Å². The second kappa shape index (κ2) is 11.3. The largest absolute Gasteiger partial charge is 0.0882 e. The maximum atomic E-state index is 2.47. The normalized spacial score (nSPS) is 20.2. The van der Waals surface area contributed by atoms with Gasteiger partial charge < -0.3 is 0 Å². The number of allylic oxidation sites excluding steroid dienone is 2. The molecule has 0 heteroatoms. The fourth-order valence-electron chi connectivity index (χ4n) is 3.20. The standard InChI is InChI=1S/C21H40/c1-4-5-6-7-8-9-10-11-12-13-14-15-16-17-18-20-19-21(20,2)3/h17-18,20H,4-16,19H2,1-3H3/b18-17+. The van der Waals surface area contributed by atoms with Crippen molar-refractivity contribution in [3.63, 3.8) is 0 Å². The molecular formula is C21H40. The molecule has 1 aliphatic carbocycles. The summed E-state index contributed by atoms with van der Waals surface area (Å²) in [5.74, 6) is 0.884. The molecule has 0 radical (unpaired) electrons. The Bertz CT molecular complexity index is 261. The Hall–Kier alpha value is -0.260. The Kier molecular flexibility index (Phi) is 10.1. The third-order valence-corrected chi connectivity index (χ3v) is 5.18. The van der Waals surface area contributed by atoms with Gasteiger partial charge in [-0.1, -0.05) is 104 Å². The van der Waals surface area contributed by atoms with Gasteiger partial charge in [-0.25, -0.2) is 0 Å². The van der Waals surface area contributed by atoms with Crippen LogP contribution in [0.25, 0.3) is 0 Å². The molecule has 1 fully saturated rings. The fourth-order valence-corrected chi connectivity index (χ4v) is 3.20. The quantitative estimate of drug-likeness (QED) is 0.227. The van der Waals surface area contributed by atoms with Crippen LogP contribution in [0.2, 0.25) is 0 Å². The van der Waals surface area contributed by atoms with Crippen molar-refractivity contribution >= 4 is 0 Å². The van der Waals surface area contributed by atoms with Crippen LogP contribution >= 0.6 is 0 Å². The summed E-state index contributed by atoms with van der Waals surface area (Å²) in [6, 6.07) is 0. The molecule has 0 saturated heterocycles. The lowest BCUT2D eigenvalue weighted by atomic mass is 10.0. The third kappa shape index (κ3) is 10.1. The van der Waals surface area contributed by atoms with Gasteiger partial charge in [0.15, 0.2) is 0 Å². The van der Waals surface area contributed by atoms with Crippen LogP contribution < -0.4 is 0 Å². The zero-order valence-corrected chi connectivity index (χ0v) is 15.1. The van der Waals surface area contributed by atoms with Crippen LogP contribution in [0.5, 0.6) is 0 Å². The molecule has 0 N–H and O–H groups in total. The molecular weight excluding hydrogens is 252 g/mol. The highest BCUT2D eigenvalue weighted by atomic mass is 14.5. The number of rotatable bonds is 14. The van der Waals surface area contributed by atoms with E-state index in [1.807, 2.05) is 0 Å². The van der Waals surface area contributed by atoms with Crippen LogP contribution in [-0.2, 0) is 0 Å². The Labute approximate surface area is 134 Å². The zero-order chi connectivity index (χ0) is 15.4. The van der Waals surface area contributed by atoms with E-state index in [-0.39, 0.29) is 0 Å². The summed E-state index contributed by atoms with van der Waals surface area (Å²) in [7, 11) is 0. The van der Waals surface area contributed by atoms with Gasteiger partial charge in [0, 0.05) is 0 Å². The second-order valence-electron chi connectivity index (χ2n) is 7.91. The van der Waals surface area contributed by atoms with Gasteiger partial charge in [0.05, 0.1) is 0 Å². The molecule has 0 aromatic carbocycles. The van der Waals surface area contributed by atoms with E-state index in [0.29, 0.717) is 5.41 Å². The summed E-state index contributed by atoms with van der Waals surface area (Å²) in [5.41, 5.74) is 0.618. The molecule has 0 aromatic rings. The SMILES string of the molecule is CCCCCCCCCCCCCC/C=C/C1CC1(C)C. The van der Waals surface area contributed by atoms with Crippen molar-refractivity contribution < 1.29 is 0 Å². The first-order chi connectivity index (χ1) is 10.2. The third-order valence-electron chi connectivity index (χ3n) is 5.18. The summed E-state index contributed by atoms with van der Waals surface area (Å²) in [6.07, 6.45) is 25.0. The van der Waals surface area contributed by atoms with Crippen molar-refractivity contribution in [1.29, 1.82) is 0 Å². The van der Waals surface area contributed by atoms with Crippen molar-refractivity contribution in [2.24, 2.45) is 11.3 Å². The Morgan fingerprint density at radius 2 is 1.19 bits per heavy atom. The van der Waals surface area contributed by atoms with E-state index < -0.39 is 0 Å². The summed E-state index contributed by atoms with van der Waals surface area (Å²) >= 11 is 0. The van der Waals surface area contributed by atoms with Crippen LogP contribution in [0, 0.1) is 11.3 Å². The van der Waals surface area contributed by atoms with Crippen LogP contribution in [-0.4, -0.2) is 0 Å². The van der Waals surface area contributed by atoms with E-state index in [2.05, 4.69) is 32.9 Å². The van der Waals surface area contributed by atoms with Crippen molar-refractivity contribution in [3.05, 3.63) is 12.2 Å². The second-order valence-corrected chi connectivity index (χ2v) is 7.91. The number of hydrogen-bond donors (Lipinski definition) is 0. The highest BCUT2D eigenvalue weighted by Gasteiger charge is 2.43. The van der Waals surface area contributed by atoms with E-state index in [4.69, 9.17) is 0 Å². The van der Waals surface area contributed by atoms with Crippen LogP contribution in [0.15, 0.2) is 12.2 Å². The van der Waals surface area contributed by atoms with Gasteiger partial charge in [-0.05, 0) is 30.6 Å². The molecule has 21 heavy (non-hydrogen) atoms. The summed E-state index contributed by atoms with van der Waals surface area (Å²) in [4.78, 5) is 0. The minimum absolute atomic E-state index is 0.618. The van der Waals surface area contributed by atoms with Gasteiger partial charge in [-0.2, -0.15) is 0 Å². The van der Waals surface area contributed by atoms with Crippen molar-refractivity contribution in [2.75, 3.05) is 0 Å². The average molecular weight is 293 g/mol. The molecule has 0 aromatic heterocycles. The molecule has 1 aliphatic rings. The van der Waals surface area contributed by atoms with Gasteiger partial charge >= 0.3 is 0 Å². The smallest absolute Gasteiger partial charge is 0.0177 e. The Balaban J connectivity index is 1.71. The topological polar surface area (TPSA) is 0 Å². The van der Waals surface area contributed by atoms with Gasteiger partial charge in [0.25, 0.3) is 0 Å². The molecule has 0 bridgehead atoms. The highest BCUT2D eigenvalue weighted by Crippen LogP contribution is 2.52. The highest BCUT2D eigenvalue weighted by molar-refractivity contribution is 5.07. The first-order valence-electron chi connectivity index (χ1n) is 9.83. The predicted octanol–water partition coefficient (Wildman–Crippen LogP) is 7.68. The van der Waals surface area contributed by atoms with Crippen molar-refractivity contribution in [2.45, 2.75) is 111 Å². The average Bonchev–Trinajstić information content (AvgIpc) is 3.06. The zero-order valence-electron chi connectivity index (χ0n) is 15.1. The van der Waals surface area contributed by atoms with Gasteiger partial charge in [0.1, 0.15) is 0 Å². The van der Waals surface area contributed by atoms with E-state index in [0.717, 1.165) is 5.92 Å². The molecule has 1 unspecified atom stereocenters. The minimum Gasteiger partial charge on any atom is -0.0882 e. The molecule has 0 heterocycles. The molecule has 1 atom stereocenters. The number of hydrogen-bond acceptors (Lipinski definition) is 0. The van der Waals surface area contributed by atoms with E-state index in [1.165, 1.54) is 89.9 Å². The molecule has 124 valence electrons. The summed E-state index contributed by atoms with van der Waals surface area (Å²) < 4.78 is 0. The van der Waals surface area contributed by atoms with Gasteiger partial charge in [0.2, 0.25) is 0 Å². The molecule has 0 nitrogen and oxygen atoms in total. The van der Waals surface area contributed by atoms with E-state index in [1.54, 1.807) is 0 Å². The maximum Gasteiger partial charge on any atom is -0.0177 e. The molecule has 1 rings (SSSR count). The molecule has 1 saturated carbocycles. The Morgan fingerprint density at radius 3 is 1.62 bits per heavy atom. The minimum atomic E-state index is 0.618. The molecule has 0 amide bonds. The summed E-state index contributed by atoms with van der Waals surface area (Å²) in [6.45, 7) is 7.06. The predicted molar refractivity (Wildman–Crippen MR) is 96.7 cm³/mol. The monoisotopic (exact) mass is 292 g/mol. The van der Waals surface area contributed by atoms with Crippen molar-refractivity contribution in [3.8, 4) is 0 Å². The van der Waals surface area contributed by atoms with E-state index in [9.17, 15) is 0 Å². The summed E-state index contributed by atoms with van der Waals surface area (Å²) in [5, 5.41) is 0.